The van der Waals surface area contributed by atoms with Gasteiger partial charge >= 0.3 is 5.97 Å². The molecule has 0 spiro atoms. The average molecular weight is 623 g/mol. The number of halogens is 1. The van der Waals surface area contributed by atoms with Crippen LogP contribution in [-0.2, 0) is 38.2 Å². The maximum Gasteiger partial charge on any atom is 0.325 e. The molecule has 5 rings (SSSR count). The topological polar surface area (TPSA) is 181 Å². The molecule has 5 aliphatic rings. The van der Waals surface area contributed by atoms with Crippen molar-refractivity contribution in [3.05, 3.63) is 33.9 Å². The molecule has 1 heterocycles. The van der Waals surface area contributed by atoms with Crippen LogP contribution in [0.3, 0.4) is 0 Å². The molecule has 4 fully saturated rings. The molecular formula is C30H39FN2O11. The number of fused-ring (bicyclic) bond motifs is 7. The molecule has 44 heavy (non-hydrogen) atoms. The summed E-state index contributed by atoms with van der Waals surface area (Å²) in [6.45, 7) is 5.36. The summed E-state index contributed by atoms with van der Waals surface area (Å²) in [6.07, 6.45) is 3.03. The molecule has 0 radical (unpaired) electrons. The number of alkyl halides is 1. The lowest BCUT2D eigenvalue weighted by molar-refractivity contribution is -0.757. The lowest BCUT2D eigenvalue weighted by Crippen LogP contribution is -2.70. The summed E-state index contributed by atoms with van der Waals surface area (Å²) in [5, 5.41) is 23.2. The van der Waals surface area contributed by atoms with Gasteiger partial charge in [0.2, 0.25) is 11.7 Å². The van der Waals surface area contributed by atoms with E-state index in [1.54, 1.807) is 26.8 Å². The normalized spacial score (nSPS) is 39.7. The van der Waals surface area contributed by atoms with Gasteiger partial charge < -0.3 is 29.5 Å². The fourth-order valence-electron chi connectivity index (χ4n) is 8.74. The van der Waals surface area contributed by atoms with Crippen molar-refractivity contribution < 1.29 is 52.8 Å². The molecule has 14 heteroatoms. The van der Waals surface area contributed by atoms with Gasteiger partial charge in [0.15, 0.2) is 29.4 Å². The number of ether oxygens (including phenoxy) is 3. The second-order valence-electron chi connectivity index (χ2n) is 13.4. The summed E-state index contributed by atoms with van der Waals surface area (Å²) in [6, 6.07) is 0. The molecule has 242 valence electrons. The number of nitrogens with zero attached hydrogens (tertiary/aromatic N) is 1. The van der Waals surface area contributed by atoms with Crippen molar-refractivity contribution in [1.82, 2.24) is 5.32 Å². The molecule has 0 aromatic heterocycles. The summed E-state index contributed by atoms with van der Waals surface area (Å²) in [4.78, 5) is 64.9. The Bertz CT molecular complexity index is 1330. The van der Waals surface area contributed by atoms with Gasteiger partial charge in [-0.2, -0.15) is 0 Å². The third-order valence-corrected chi connectivity index (χ3v) is 10.6. The molecule has 3 saturated carbocycles. The Morgan fingerprint density at radius 3 is 2.66 bits per heavy atom. The number of allylic oxidation sites excluding steroid dienone is 4. The van der Waals surface area contributed by atoms with E-state index in [1.165, 1.54) is 12.2 Å². The van der Waals surface area contributed by atoms with Crippen LogP contribution >= 0.6 is 0 Å². The van der Waals surface area contributed by atoms with Crippen LogP contribution in [0.15, 0.2) is 23.8 Å². The number of nitrogens with one attached hydrogen (secondary N) is 1. The Balaban J connectivity index is 1.32. The van der Waals surface area contributed by atoms with E-state index < -0.39 is 87.8 Å². The number of rotatable bonds is 10. The maximum atomic E-state index is 17.5. The molecule has 0 unspecified atom stereocenters. The molecule has 0 bridgehead atoms. The monoisotopic (exact) mass is 622 g/mol. The highest BCUT2D eigenvalue weighted by Crippen LogP contribution is 2.72. The summed E-state index contributed by atoms with van der Waals surface area (Å²) in [5.41, 5.74) is -5.37. The van der Waals surface area contributed by atoms with Crippen LogP contribution in [0.4, 0.5) is 4.39 Å². The van der Waals surface area contributed by atoms with Gasteiger partial charge in [-0.25, -0.2) is 4.39 Å². The van der Waals surface area contributed by atoms with Gasteiger partial charge in [0.05, 0.1) is 18.8 Å². The largest absolute Gasteiger partial charge is 0.456 e. The Hall–Kier alpha value is -3.23. The number of carbonyl (C=O) groups excluding carboxylic acids is 4. The molecule has 13 nitrogen and oxygen atoms in total. The van der Waals surface area contributed by atoms with E-state index in [2.05, 4.69) is 10.2 Å². The number of aliphatic hydroxyl groups is 1. The first-order chi connectivity index (χ1) is 20.5. The smallest absolute Gasteiger partial charge is 0.325 e. The van der Waals surface area contributed by atoms with Crippen LogP contribution in [0, 0.1) is 32.8 Å². The predicted octanol–water partition coefficient (Wildman–Crippen LogP) is 2.07. The molecular weight excluding hydrogens is 583 g/mol. The fraction of sp³-hybridized carbons (Fsp3) is 0.733. The van der Waals surface area contributed by atoms with Crippen molar-refractivity contribution in [2.75, 3.05) is 19.8 Å². The first-order valence-corrected chi connectivity index (χ1v) is 14.9. The van der Waals surface area contributed by atoms with Crippen LogP contribution < -0.4 is 5.32 Å². The van der Waals surface area contributed by atoms with Crippen molar-refractivity contribution >= 4 is 23.4 Å². The molecule has 4 aliphatic carbocycles. The minimum Gasteiger partial charge on any atom is -0.456 e. The molecule has 2 N–H and O–H groups in total. The van der Waals surface area contributed by atoms with Gasteiger partial charge in [-0.15, -0.1) is 10.1 Å². The summed E-state index contributed by atoms with van der Waals surface area (Å²) in [5.74, 6) is -4.52. The van der Waals surface area contributed by atoms with E-state index in [9.17, 15) is 34.4 Å². The van der Waals surface area contributed by atoms with Gasteiger partial charge in [-0.1, -0.05) is 18.6 Å². The number of esters is 1. The van der Waals surface area contributed by atoms with Crippen molar-refractivity contribution in [3.8, 4) is 0 Å². The Kier molecular flexibility index (Phi) is 8.03. The van der Waals surface area contributed by atoms with Crippen molar-refractivity contribution in [2.24, 2.45) is 22.7 Å². The van der Waals surface area contributed by atoms with E-state index in [1.807, 2.05) is 6.92 Å². The Labute approximate surface area is 253 Å². The molecule has 0 aromatic carbocycles. The number of ketones is 2. The van der Waals surface area contributed by atoms with Gasteiger partial charge in [-0.3, -0.25) is 19.2 Å². The zero-order valence-electron chi connectivity index (χ0n) is 25.3. The first kappa shape index (κ1) is 32.2. The number of hydrogen-bond donors (Lipinski definition) is 2. The van der Waals surface area contributed by atoms with E-state index in [0.717, 1.165) is 0 Å². The number of aliphatic hydroxyl groups excluding tert-OH is 1. The molecule has 1 amide bonds. The van der Waals surface area contributed by atoms with E-state index >= 15 is 4.39 Å². The van der Waals surface area contributed by atoms with E-state index in [0.29, 0.717) is 18.4 Å². The number of amides is 1. The highest BCUT2D eigenvalue weighted by molar-refractivity contribution is 6.01. The van der Waals surface area contributed by atoms with Crippen molar-refractivity contribution in [1.29, 1.82) is 0 Å². The van der Waals surface area contributed by atoms with Gasteiger partial charge in [0.1, 0.15) is 6.54 Å². The van der Waals surface area contributed by atoms with Crippen LogP contribution in [0.25, 0.3) is 0 Å². The van der Waals surface area contributed by atoms with Crippen LogP contribution in [0.2, 0.25) is 0 Å². The molecule has 8 atom stereocenters. The third kappa shape index (κ3) is 4.85. The number of hydrogen-bond acceptors (Lipinski definition) is 11. The number of Topliss-reactive ketones (excluding diaryl/α,β-unsaturated/α-hetero) is 1. The standard InChI is InChI=1S/C30H39FN2O11/c1-26(2)43-23-13-20-19-8-7-17-12-18(34)9-10-27(17,3)29(19,31)21(35)14-28(20,4)30(23,44-26)22(36)16-41-25(38)15-32-24(37)6-5-11-42-33(39)40/h9-10,12,19-21,23,35H,5-8,11,13-16H2,1-4H3,(H,32,37)/t19-,20-,21-,23-,27-,28-,29-,30-/m0/s1. The van der Waals surface area contributed by atoms with Crippen LogP contribution in [0.1, 0.15) is 66.2 Å². The average Bonchev–Trinajstić information content (AvgIpc) is 3.35. The Morgan fingerprint density at radius 2 is 1.95 bits per heavy atom. The number of carbonyl (C=O) groups is 4. The van der Waals surface area contributed by atoms with E-state index in [4.69, 9.17) is 14.2 Å². The Morgan fingerprint density at radius 1 is 1.23 bits per heavy atom. The zero-order chi connectivity index (χ0) is 32.3. The quantitative estimate of drug-likeness (QED) is 0.158. The van der Waals surface area contributed by atoms with Gasteiger partial charge in [-0.05, 0) is 70.9 Å². The van der Waals surface area contributed by atoms with Crippen molar-refractivity contribution in [2.45, 2.75) is 95.5 Å². The van der Waals surface area contributed by atoms with Gasteiger partial charge in [0.25, 0.3) is 5.09 Å². The summed E-state index contributed by atoms with van der Waals surface area (Å²) >= 11 is 0. The van der Waals surface area contributed by atoms with Gasteiger partial charge in [0, 0.05) is 23.2 Å². The fourth-order valence-corrected chi connectivity index (χ4v) is 8.74. The zero-order valence-corrected chi connectivity index (χ0v) is 25.3. The second kappa shape index (κ2) is 11.0. The molecule has 1 saturated heterocycles. The minimum atomic E-state index is -2.10. The summed E-state index contributed by atoms with van der Waals surface area (Å²) < 4.78 is 35.4. The van der Waals surface area contributed by atoms with Crippen LogP contribution in [0.5, 0.6) is 0 Å². The molecule has 0 aromatic rings. The molecule has 1 aliphatic heterocycles. The third-order valence-electron chi connectivity index (χ3n) is 10.6. The lowest BCUT2D eigenvalue weighted by Gasteiger charge is -2.62. The second-order valence-corrected chi connectivity index (χ2v) is 13.4. The lowest BCUT2D eigenvalue weighted by atomic mass is 9.44. The van der Waals surface area contributed by atoms with E-state index in [-0.39, 0.29) is 38.1 Å². The highest BCUT2D eigenvalue weighted by atomic mass is 19.1. The van der Waals surface area contributed by atoms with Crippen molar-refractivity contribution in [3.63, 3.8) is 0 Å². The SMILES string of the molecule is CC1(C)O[C@H]2C[C@H]3[C@@H]4CCC5=CC(=O)C=C[C@]5(C)[C@@]4(F)[C@@H](O)C[C@]3(C)[C@@]2(C(=O)COC(=O)CNC(=O)CCCO[N+](=O)[O-])O1. The maximum absolute atomic E-state index is 17.5. The summed E-state index contributed by atoms with van der Waals surface area (Å²) in [7, 11) is 0. The predicted molar refractivity (Wildman–Crippen MR) is 148 cm³/mol. The first-order valence-electron chi connectivity index (χ1n) is 14.9. The van der Waals surface area contributed by atoms with Crippen LogP contribution in [-0.4, -0.2) is 82.7 Å². The minimum absolute atomic E-state index is 0.0648. The highest BCUT2D eigenvalue weighted by Gasteiger charge is 2.80.